The van der Waals surface area contributed by atoms with E-state index < -0.39 is 11.9 Å². The van der Waals surface area contributed by atoms with E-state index in [-0.39, 0.29) is 12.0 Å². The zero-order chi connectivity index (χ0) is 11.3. The fourth-order valence-corrected chi connectivity index (χ4v) is 0.859. The van der Waals surface area contributed by atoms with Crippen molar-refractivity contribution in [3.05, 3.63) is 29.6 Å². The van der Waals surface area contributed by atoms with Crippen LogP contribution < -0.4 is 5.73 Å². The van der Waals surface area contributed by atoms with E-state index >= 15 is 0 Å². The lowest BCUT2D eigenvalue weighted by atomic mass is 10.2. The molecule has 0 aliphatic carbocycles. The Balaban J connectivity index is 2.85. The van der Waals surface area contributed by atoms with Crippen molar-refractivity contribution in [2.75, 3.05) is 0 Å². The highest BCUT2D eigenvalue weighted by Crippen LogP contribution is 2.00. The van der Waals surface area contributed by atoms with Crippen molar-refractivity contribution >= 4 is 11.9 Å². The molecular weight excluding hydrogens is 196 g/mol. The summed E-state index contributed by atoms with van der Waals surface area (Å²) < 4.78 is 0. The van der Waals surface area contributed by atoms with Crippen molar-refractivity contribution in [3.63, 3.8) is 0 Å². The molecule has 76 valence electrons. The molecule has 0 saturated carbocycles. The number of pyridine rings is 1. The van der Waals surface area contributed by atoms with Crippen LogP contribution in [0.3, 0.4) is 0 Å². The number of aromatic carboxylic acids is 1. The van der Waals surface area contributed by atoms with Gasteiger partial charge in [-0.1, -0.05) is 11.8 Å². The van der Waals surface area contributed by atoms with Gasteiger partial charge in [-0.25, -0.2) is 4.79 Å². The van der Waals surface area contributed by atoms with Crippen LogP contribution in [-0.2, 0) is 4.79 Å². The van der Waals surface area contributed by atoms with Crippen molar-refractivity contribution in [2.24, 2.45) is 5.73 Å². The van der Waals surface area contributed by atoms with Gasteiger partial charge in [-0.3, -0.25) is 9.78 Å². The van der Waals surface area contributed by atoms with Gasteiger partial charge in [0.25, 0.3) is 0 Å². The SMILES string of the molecule is NC(=O)CC#Cc1cncc(C(=O)O)c1. The summed E-state index contributed by atoms with van der Waals surface area (Å²) in [4.78, 5) is 24.7. The smallest absolute Gasteiger partial charge is 0.337 e. The summed E-state index contributed by atoms with van der Waals surface area (Å²) >= 11 is 0. The maximum absolute atomic E-state index is 10.6. The highest BCUT2D eigenvalue weighted by Gasteiger charge is 2.02. The molecule has 0 spiro atoms. The number of rotatable bonds is 2. The molecule has 1 amide bonds. The molecule has 1 heterocycles. The number of nitrogens with zero attached hydrogens (tertiary/aromatic N) is 1. The highest BCUT2D eigenvalue weighted by atomic mass is 16.4. The molecule has 0 aliphatic rings. The van der Waals surface area contributed by atoms with Gasteiger partial charge in [0.05, 0.1) is 12.0 Å². The summed E-state index contributed by atoms with van der Waals surface area (Å²) in [6.07, 6.45) is 2.58. The second-order valence-electron chi connectivity index (χ2n) is 2.71. The van der Waals surface area contributed by atoms with E-state index in [1.807, 2.05) is 0 Å². The Morgan fingerprint density at radius 3 is 2.80 bits per heavy atom. The molecule has 15 heavy (non-hydrogen) atoms. The summed E-state index contributed by atoms with van der Waals surface area (Å²) in [6.45, 7) is 0. The number of nitrogens with two attached hydrogens (primary N) is 1. The van der Waals surface area contributed by atoms with E-state index in [4.69, 9.17) is 10.8 Å². The average Bonchev–Trinajstić information content (AvgIpc) is 2.17. The molecule has 5 nitrogen and oxygen atoms in total. The van der Waals surface area contributed by atoms with Gasteiger partial charge in [0.2, 0.25) is 5.91 Å². The van der Waals surface area contributed by atoms with E-state index in [2.05, 4.69) is 16.8 Å². The second kappa shape index (κ2) is 4.77. The minimum atomic E-state index is -1.07. The lowest BCUT2D eigenvalue weighted by molar-refractivity contribution is -0.117. The summed E-state index contributed by atoms with van der Waals surface area (Å²) in [5, 5.41) is 8.66. The van der Waals surface area contributed by atoms with Gasteiger partial charge in [-0.05, 0) is 6.07 Å². The molecule has 0 saturated heterocycles. The number of carbonyl (C=O) groups is 2. The minimum Gasteiger partial charge on any atom is -0.478 e. The Morgan fingerprint density at radius 2 is 2.20 bits per heavy atom. The minimum absolute atomic E-state index is 0.0564. The Kier molecular flexibility index (Phi) is 3.41. The van der Waals surface area contributed by atoms with E-state index in [1.54, 1.807) is 0 Å². The third-order valence-corrected chi connectivity index (χ3v) is 1.48. The van der Waals surface area contributed by atoms with E-state index in [9.17, 15) is 9.59 Å². The van der Waals surface area contributed by atoms with Gasteiger partial charge < -0.3 is 10.8 Å². The number of carboxylic acids is 1. The van der Waals surface area contributed by atoms with E-state index in [1.165, 1.54) is 18.5 Å². The standard InChI is InChI=1S/C10H8N2O3/c11-9(13)3-1-2-7-4-8(10(14)15)6-12-5-7/h4-6H,3H2,(H2,11,13)(H,14,15). The normalized spacial score (nSPS) is 8.80. The molecule has 0 aromatic carbocycles. The number of primary amides is 1. The van der Waals surface area contributed by atoms with Gasteiger partial charge >= 0.3 is 5.97 Å². The van der Waals surface area contributed by atoms with E-state index in [0.717, 1.165) is 0 Å². The molecule has 5 heteroatoms. The van der Waals surface area contributed by atoms with Crippen LogP contribution >= 0.6 is 0 Å². The number of carbonyl (C=O) groups excluding carboxylic acids is 1. The lowest BCUT2D eigenvalue weighted by Crippen LogP contribution is -2.08. The van der Waals surface area contributed by atoms with Crippen molar-refractivity contribution in [3.8, 4) is 11.8 Å². The van der Waals surface area contributed by atoms with Crippen LogP contribution in [0.1, 0.15) is 22.3 Å². The lowest BCUT2D eigenvalue weighted by Gasteiger charge is -1.93. The second-order valence-corrected chi connectivity index (χ2v) is 2.71. The van der Waals surface area contributed by atoms with Crippen molar-refractivity contribution in [1.82, 2.24) is 4.98 Å². The van der Waals surface area contributed by atoms with Gasteiger partial charge in [0, 0.05) is 18.0 Å². The van der Waals surface area contributed by atoms with Crippen LogP contribution in [0.5, 0.6) is 0 Å². The Hall–Kier alpha value is -2.35. The Bertz CT molecular complexity index is 457. The molecule has 1 aromatic heterocycles. The third kappa shape index (κ3) is 3.48. The first-order valence-corrected chi connectivity index (χ1v) is 4.05. The van der Waals surface area contributed by atoms with Crippen LogP contribution in [0.15, 0.2) is 18.5 Å². The van der Waals surface area contributed by atoms with Gasteiger partial charge in [0.1, 0.15) is 0 Å². The first-order chi connectivity index (χ1) is 7.09. The molecule has 0 unspecified atom stereocenters. The van der Waals surface area contributed by atoms with Crippen LogP contribution in [0.25, 0.3) is 0 Å². The fourth-order valence-electron chi connectivity index (χ4n) is 0.859. The summed E-state index contributed by atoms with van der Waals surface area (Å²) in [7, 11) is 0. The molecule has 1 rings (SSSR count). The molecule has 1 aromatic rings. The van der Waals surface area contributed by atoms with Crippen LogP contribution in [-0.4, -0.2) is 22.0 Å². The van der Waals surface area contributed by atoms with E-state index in [0.29, 0.717) is 5.56 Å². The summed E-state index contributed by atoms with van der Waals surface area (Å²) in [5.74, 6) is 3.51. The predicted octanol–water partition coefficient (Wildman–Crippen LogP) is 0.00670. The predicted molar refractivity (Wildman–Crippen MR) is 51.9 cm³/mol. The largest absolute Gasteiger partial charge is 0.478 e. The quantitative estimate of drug-likeness (QED) is 0.663. The zero-order valence-corrected chi connectivity index (χ0v) is 7.73. The summed E-state index contributed by atoms with van der Waals surface area (Å²) in [5.41, 5.74) is 5.38. The molecular formula is C10H8N2O3. The molecule has 0 radical (unpaired) electrons. The maximum atomic E-state index is 10.6. The Labute approximate surface area is 85.9 Å². The molecule has 0 fully saturated rings. The van der Waals surface area contributed by atoms with Crippen LogP contribution in [0, 0.1) is 11.8 Å². The fraction of sp³-hybridized carbons (Fsp3) is 0.100. The first kappa shape index (κ1) is 10.7. The van der Waals surface area contributed by atoms with Crippen LogP contribution in [0.4, 0.5) is 0 Å². The van der Waals surface area contributed by atoms with Crippen molar-refractivity contribution in [2.45, 2.75) is 6.42 Å². The third-order valence-electron chi connectivity index (χ3n) is 1.48. The van der Waals surface area contributed by atoms with Crippen molar-refractivity contribution in [1.29, 1.82) is 0 Å². The van der Waals surface area contributed by atoms with Crippen LogP contribution in [0.2, 0.25) is 0 Å². The van der Waals surface area contributed by atoms with Gasteiger partial charge in [-0.15, -0.1) is 0 Å². The monoisotopic (exact) mass is 204 g/mol. The van der Waals surface area contributed by atoms with Crippen molar-refractivity contribution < 1.29 is 14.7 Å². The number of amides is 1. The first-order valence-electron chi connectivity index (χ1n) is 4.05. The summed E-state index contributed by atoms with van der Waals surface area (Å²) in [6, 6.07) is 1.38. The number of carboxylic acid groups (broad SMARTS) is 1. The Morgan fingerprint density at radius 1 is 1.47 bits per heavy atom. The van der Waals surface area contributed by atoms with Gasteiger partial charge in [-0.2, -0.15) is 0 Å². The molecule has 0 aliphatic heterocycles. The topological polar surface area (TPSA) is 93.3 Å². The number of aromatic nitrogens is 1. The highest BCUT2D eigenvalue weighted by molar-refractivity contribution is 5.87. The number of hydrogen-bond donors (Lipinski definition) is 2. The zero-order valence-electron chi connectivity index (χ0n) is 7.73. The number of hydrogen-bond acceptors (Lipinski definition) is 3. The molecule has 0 atom stereocenters. The molecule has 3 N–H and O–H groups in total. The average molecular weight is 204 g/mol. The molecule has 0 bridgehead atoms. The maximum Gasteiger partial charge on any atom is 0.337 e. The van der Waals surface area contributed by atoms with Gasteiger partial charge in [0.15, 0.2) is 0 Å².